The molecule has 1 saturated carbocycles. The summed E-state index contributed by atoms with van der Waals surface area (Å²) >= 11 is 0. The Labute approximate surface area is 220 Å². The summed E-state index contributed by atoms with van der Waals surface area (Å²) in [7, 11) is 1.69. The first kappa shape index (κ1) is 23.9. The Morgan fingerprint density at radius 3 is 2.68 bits per heavy atom. The molecular formula is C31H29N5O2. The highest BCUT2D eigenvalue weighted by Crippen LogP contribution is 2.40. The second-order valence-electron chi connectivity index (χ2n) is 9.89. The molecule has 3 aromatic carbocycles. The Bertz CT molecular complexity index is 1640. The Kier molecular flexibility index (Phi) is 6.33. The van der Waals surface area contributed by atoms with Crippen LogP contribution in [0, 0.1) is 5.92 Å². The Morgan fingerprint density at radius 2 is 1.84 bits per heavy atom. The number of amides is 2. The molecular weight excluding hydrogens is 474 g/mol. The molecule has 190 valence electrons. The fourth-order valence-electron chi connectivity index (χ4n) is 5.54. The first-order valence-corrected chi connectivity index (χ1v) is 13.0. The Balaban J connectivity index is 1.41. The van der Waals surface area contributed by atoms with Gasteiger partial charge in [0.15, 0.2) is 0 Å². The van der Waals surface area contributed by atoms with Gasteiger partial charge >= 0.3 is 0 Å². The fraction of sp³-hybridized carbons (Fsp3) is 0.226. The lowest BCUT2D eigenvalue weighted by atomic mass is 10.1. The maximum Gasteiger partial charge on any atom is 0.251 e. The summed E-state index contributed by atoms with van der Waals surface area (Å²) in [6.07, 6.45) is 6.08. The molecule has 1 aliphatic carbocycles. The summed E-state index contributed by atoms with van der Waals surface area (Å²) in [5, 5.41) is 7.99. The largest absolute Gasteiger partial charge is 0.359 e. The van der Waals surface area contributed by atoms with Crippen molar-refractivity contribution < 1.29 is 9.59 Å². The predicted molar refractivity (Wildman–Crippen MR) is 149 cm³/mol. The Morgan fingerprint density at radius 1 is 0.974 bits per heavy atom. The molecule has 2 amide bonds. The summed E-state index contributed by atoms with van der Waals surface area (Å²) < 4.78 is 2.24. The van der Waals surface area contributed by atoms with Crippen molar-refractivity contribution in [1.29, 1.82) is 0 Å². The molecule has 1 aliphatic rings. The standard InChI is InChI=1S/C31H29N5O2/c1-32-30(37)23-9-11-26(16-23)36-28-17-24(31(38)34-18-20-5-3-2-4-6-20)10-12-27(28)35-29(36)22-7-8-25-19-33-14-13-21(25)15-22/h2-8,10,12-15,17,19,23,26H,9,11,16,18H2,1H3,(H,32,37)(H,34,38)/t23-,26+/m1/s1. The zero-order valence-electron chi connectivity index (χ0n) is 21.2. The number of benzene rings is 3. The molecule has 0 aliphatic heterocycles. The van der Waals surface area contributed by atoms with Gasteiger partial charge in [-0.3, -0.25) is 14.6 Å². The second kappa shape index (κ2) is 10.1. The Hall–Kier alpha value is -4.52. The molecule has 5 aromatic rings. The molecule has 7 heteroatoms. The van der Waals surface area contributed by atoms with Crippen molar-refractivity contribution in [2.24, 2.45) is 5.92 Å². The number of hydrogen-bond donors (Lipinski definition) is 2. The van der Waals surface area contributed by atoms with Gasteiger partial charge in [0, 0.05) is 54.5 Å². The lowest BCUT2D eigenvalue weighted by Gasteiger charge is -2.18. The van der Waals surface area contributed by atoms with Gasteiger partial charge in [-0.05, 0) is 60.5 Å². The molecule has 0 unspecified atom stereocenters. The van der Waals surface area contributed by atoms with Gasteiger partial charge in [-0.1, -0.05) is 42.5 Å². The minimum atomic E-state index is -0.127. The first-order chi connectivity index (χ1) is 18.6. The average molecular weight is 504 g/mol. The van der Waals surface area contributed by atoms with Crippen molar-refractivity contribution in [3.05, 3.63) is 96.3 Å². The van der Waals surface area contributed by atoms with Gasteiger partial charge in [-0.15, -0.1) is 0 Å². The van der Waals surface area contributed by atoms with Gasteiger partial charge < -0.3 is 15.2 Å². The first-order valence-electron chi connectivity index (χ1n) is 13.0. The zero-order valence-corrected chi connectivity index (χ0v) is 21.2. The molecule has 7 nitrogen and oxygen atoms in total. The number of nitrogens with zero attached hydrogens (tertiary/aromatic N) is 3. The van der Waals surface area contributed by atoms with E-state index in [4.69, 9.17) is 4.98 Å². The molecule has 0 saturated heterocycles. The van der Waals surface area contributed by atoms with E-state index in [1.165, 1.54) is 0 Å². The lowest BCUT2D eigenvalue weighted by molar-refractivity contribution is -0.124. The lowest BCUT2D eigenvalue weighted by Crippen LogP contribution is -2.25. The van der Waals surface area contributed by atoms with E-state index in [0.29, 0.717) is 12.1 Å². The van der Waals surface area contributed by atoms with Crippen LogP contribution in [0.3, 0.4) is 0 Å². The van der Waals surface area contributed by atoms with E-state index in [1.807, 2.05) is 60.8 Å². The van der Waals surface area contributed by atoms with Crippen molar-refractivity contribution in [3.63, 3.8) is 0 Å². The minimum Gasteiger partial charge on any atom is -0.359 e. The maximum atomic E-state index is 13.1. The third kappa shape index (κ3) is 4.52. The number of carbonyl (C=O) groups is 2. The normalized spacial score (nSPS) is 17.1. The molecule has 2 N–H and O–H groups in total. The maximum absolute atomic E-state index is 13.1. The van der Waals surface area contributed by atoms with E-state index in [-0.39, 0.29) is 23.8 Å². The number of fused-ring (bicyclic) bond motifs is 2. The SMILES string of the molecule is CNC(=O)[C@@H]1CC[C@H](n2c(-c3ccc4cnccc4c3)nc3ccc(C(=O)NCc4ccccc4)cc32)C1. The van der Waals surface area contributed by atoms with E-state index in [0.717, 1.165) is 58.0 Å². The van der Waals surface area contributed by atoms with E-state index in [2.05, 4.69) is 38.4 Å². The van der Waals surface area contributed by atoms with Gasteiger partial charge in [-0.25, -0.2) is 4.98 Å². The topological polar surface area (TPSA) is 88.9 Å². The van der Waals surface area contributed by atoms with Crippen LogP contribution in [0.25, 0.3) is 33.2 Å². The molecule has 1 fully saturated rings. The van der Waals surface area contributed by atoms with Crippen LogP contribution in [0.1, 0.15) is 41.2 Å². The van der Waals surface area contributed by atoms with Crippen molar-refractivity contribution >= 4 is 33.6 Å². The number of nitrogens with one attached hydrogen (secondary N) is 2. The molecule has 0 bridgehead atoms. The molecule has 6 rings (SSSR count). The van der Waals surface area contributed by atoms with Crippen LogP contribution in [0.5, 0.6) is 0 Å². The highest BCUT2D eigenvalue weighted by atomic mass is 16.2. The van der Waals surface area contributed by atoms with Gasteiger partial charge in [0.25, 0.3) is 5.91 Å². The summed E-state index contributed by atoms with van der Waals surface area (Å²) in [4.78, 5) is 34.8. The number of carbonyl (C=O) groups excluding carboxylic acids is 2. The number of hydrogen-bond acceptors (Lipinski definition) is 4. The predicted octanol–water partition coefficient (Wildman–Crippen LogP) is 5.27. The van der Waals surface area contributed by atoms with Crippen molar-refractivity contribution in [2.45, 2.75) is 31.8 Å². The molecule has 38 heavy (non-hydrogen) atoms. The van der Waals surface area contributed by atoms with Crippen LogP contribution in [-0.2, 0) is 11.3 Å². The quantitative estimate of drug-likeness (QED) is 0.330. The summed E-state index contributed by atoms with van der Waals surface area (Å²) in [5.74, 6) is 0.772. The highest BCUT2D eigenvalue weighted by molar-refractivity contribution is 5.98. The summed E-state index contributed by atoms with van der Waals surface area (Å²) in [5.41, 5.74) is 4.37. The molecule has 0 radical (unpaired) electrons. The van der Waals surface area contributed by atoms with Gasteiger partial charge in [0.1, 0.15) is 5.82 Å². The third-order valence-electron chi connectivity index (χ3n) is 7.53. The van der Waals surface area contributed by atoms with Crippen LogP contribution in [0.15, 0.2) is 85.2 Å². The van der Waals surface area contributed by atoms with Crippen molar-refractivity contribution in [1.82, 2.24) is 25.2 Å². The van der Waals surface area contributed by atoms with Crippen molar-refractivity contribution in [2.75, 3.05) is 7.05 Å². The second-order valence-corrected chi connectivity index (χ2v) is 9.89. The highest BCUT2D eigenvalue weighted by Gasteiger charge is 2.33. The molecule has 2 atom stereocenters. The summed E-state index contributed by atoms with van der Waals surface area (Å²) in [6, 6.07) is 23.9. The van der Waals surface area contributed by atoms with Crippen LogP contribution in [0.4, 0.5) is 0 Å². The number of imidazole rings is 1. The van der Waals surface area contributed by atoms with Crippen LogP contribution < -0.4 is 10.6 Å². The smallest absolute Gasteiger partial charge is 0.251 e. The summed E-state index contributed by atoms with van der Waals surface area (Å²) in [6.45, 7) is 0.463. The van der Waals surface area contributed by atoms with Crippen molar-refractivity contribution in [3.8, 4) is 11.4 Å². The monoisotopic (exact) mass is 503 g/mol. The number of rotatable bonds is 6. The van der Waals surface area contributed by atoms with E-state index < -0.39 is 0 Å². The van der Waals surface area contributed by atoms with Crippen LogP contribution in [-0.4, -0.2) is 33.4 Å². The van der Waals surface area contributed by atoms with Gasteiger partial charge in [0.2, 0.25) is 5.91 Å². The number of pyridine rings is 1. The minimum absolute atomic E-state index is 0.0321. The molecule has 2 heterocycles. The van der Waals surface area contributed by atoms with Gasteiger partial charge in [-0.2, -0.15) is 0 Å². The average Bonchev–Trinajstić information content (AvgIpc) is 3.60. The van der Waals surface area contributed by atoms with E-state index in [1.54, 1.807) is 13.2 Å². The third-order valence-corrected chi connectivity index (χ3v) is 7.53. The van der Waals surface area contributed by atoms with E-state index >= 15 is 0 Å². The van der Waals surface area contributed by atoms with E-state index in [9.17, 15) is 9.59 Å². The number of aromatic nitrogens is 3. The van der Waals surface area contributed by atoms with Crippen LogP contribution >= 0.6 is 0 Å². The molecule has 2 aromatic heterocycles. The molecule has 0 spiro atoms. The zero-order chi connectivity index (χ0) is 26.1. The fourth-order valence-corrected chi connectivity index (χ4v) is 5.54. The van der Waals surface area contributed by atoms with Gasteiger partial charge in [0.05, 0.1) is 11.0 Å². The van der Waals surface area contributed by atoms with Crippen LogP contribution in [0.2, 0.25) is 0 Å².